The summed E-state index contributed by atoms with van der Waals surface area (Å²) >= 11 is 0. The zero-order chi connectivity index (χ0) is 13.2. The molecule has 0 atom stereocenters. The van der Waals surface area contributed by atoms with Crippen LogP contribution >= 0.6 is 0 Å². The van der Waals surface area contributed by atoms with Crippen LogP contribution in [0.1, 0.15) is 49.7 Å². The summed E-state index contributed by atoms with van der Waals surface area (Å²) in [6.07, 6.45) is 7.86. The highest BCUT2D eigenvalue weighted by atomic mass is 16.3. The van der Waals surface area contributed by atoms with Crippen LogP contribution in [0.15, 0.2) is 12.1 Å². The predicted molar refractivity (Wildman–Crippen MR) is 74.4 cm³/mol. The number of phenolic OH excluding ortho intramolecular Hbond substituents is 2. The van der Waals surface area contributed by atoms with Crippen LogP contribution in [-0.4, -0.2) is 10.2 Å². The first-order valence-corrected chi connectivity index (χ1v) is 7.59. The van der Waals surface area contributed by atoms with Gasteiger partial charge in [-0.2, -0.15) is 0 Å². The first kappa shape index (κ1) is 11.6. The second-order valence-corrected chi connectivity index (χ2v) is 7.32. The third kappa shape index (κ3) is 1.55. The van der Waals surface area contributed by atoms with E-state index in [1.165, 1.54) is 38.5 Å². The molecule has 4 saturated carbocycles. The van der Waals surface area contributed by atoms with Gasteiger partial charge in [0.2, 0.25) is 0 Å². The van der Waals surface area contributed by atoms with Crippen LogP contribution in [0.2, 0.25) is 0 Å². The zero-order valence-corrected chi connectivity index (χ0v) is 11.5. The third-order valence-corrected chi connectivity index (χ3v) is 5.93. The van der Waals surface area contributed by atoms with Crippen molar-refractivity contribution in [2.45, 2.75) is 50.9 Å². The maximum absolute atomic E-state index is 10.4. The van der Waals surface area contributed by atoms with Gasteiger partial charge in [-0.1, -0.05) is 6.07 Å². The van der Waals surface area contributed by atoms with Crippen molar-refractivity contribution in [2.75, 3.05) is 0 Å². The van der Waals surface area contributed by atoms with Crippen molar-refractivity contribution in [3.05, 3.63) is 23.3 Å². The minimum Gasteiger partial charge on any atom is -0.504 e. The van der Waals surface area contributed by atoms with Gasteiger partial charge >= 0.3 is 0 Å². The molecule has 4 aliphatic rings. The second-order valence-electron chi connectivity index (χ2n) is 7.32. The molecule has 2 heteroatoms. The average Bonchev–Trinajstić information content (AvgIpc) is 2.32. The van der Waals surface area contributed by atoms with Crippen molar-refractivity contribution in [1.82, 2.24) is 0 Å². The Bertz CT molecular complexity index is 497. The molecule has 0 saturated heterocycles. The Morgan fingerprint density at radius 3 is 2.00 bits per heavy atom. The summed E-state index contributed by atoms with van der Waals surface area (Å²) < 4.78 is 0. The second kappa shape index (κ2) is 3.68. The molecule has 102 valence electrons. The van der Waals surface area contributed by atoms with E-state index in [-0.39, 0.29) is 16.9 Å². The largest absolute Gasteiger partial charge is 0.504 e. The van der Waals surface area contributed by atoms with Gasteiger partial charge in [-0.25, -0.2) is 0 Å². The molecule has 4 bridgehead atoms. The summed E-state index contributed by atoms with van der Waals surface area (Å²) in [6.45, 7) is 2.08. The van der Waals surface area contributed by atoms with Gasteiger partial charge in [0.1, 0.15) is 0 Å². The fourth-order valence-corrected chi connectivity index (χ4v) is 5.77. The lowest BCUT2D eigenvalue weighted by atomic mass is 9.47. The van der Waals surface area contributed by atoms with E-state index in [0.717, 1.165) is 28.9 Å². The van der Waals surface area contributed by atoms with Crippen LogP contribution < -0.4 is 0 Å². The Morgan fingerprint density at radius 1 is 0.947 bits per heavy atom. The Balaban J connectivity index is 1.86. The van der Waals surface area contributed by atoms with E-state index < -0.39 is 0 Å². The number of aryl methyl sites for hydroxylation is 1. The molecule has 1 aromatic carbocycles. The van der Waals surface area contributed by atoms with Crippen molar-refractivity contribution in [3.8, 4) is 11.5 Å². The Labute approximate surface area is 114 Å². The molecule has 4 fully saturated rings. The number of rotatable bonds is 1. The fraction of sp³-hybridized carbons (Fsp3) is 0.647. The quantitative estimate of drug-likeness (QED) is 0.751. The van der Waals surface area contributed by atoms with E-state index in [2.05, 4.69) is 6.92 Å². The maximum atomic E-state index is 10.4. The highest BCUT2D eigenvalue weighted by molar-refractivity contribution is 5.53. The molecule has 1 aromatic rings. The van der Waals surface area contributed by atoms with Crippen molar-refractivity contribution in [3.63, 3.8) is 0 Å². The molecule has 5 rings (SSSR count). The minimum absolute atomic E-state index is 0.0522. The van der Waals surface area contributed by atoms with Crippen molar-refractivity contribution in [2.24, 2.45) is 17.8 Å². The molecule has 0 heterocycles. The Kier molecular flexibility index (Phi) is 2.25. The van der Waals surface area contributed by atoms with E-state index in [0.29, 0.717) is 0 Å². The summed E-state index contributed by atoms with van der Waals surface area (Å²) in [7, 11) is 0. The van der Waals surface area contributed by atoms with Crippen molar-refractivity contribution < 1.29 is 10.2 Å². The standard InChI is InChI=1S/C17H22O2/c1-10-2-3-14(18)16(19)15(10)17-7-11-4-12(8-17)6-13(5-11)9-17/h2-3,11-13,18-19H,4-9H2,1H3. The van der Waals surface area contributed by atoms with E-state index in [1.807, 2.05) is 6.07 Å². The topological polar surface area (TPSA) is 40.5 Å². The number of hydrogen-bond donors (Lipinski definition) is 2. The molecule has 0 radical (unpaired) electrons. The van der Waals surface area contributed by atoms with Gasteiger partial charge in [-0.05, 0) is 74.8 Å². The fourth-order valence-electron chi connectivity index (χ4n) is 5.77. The van der Waals surface area contributed by atoms with E-state index in [4.69, 9.17) is 0 Å². The zero-order valence-electron chi connectivity index (χ0n) is 11.5. The highest BCUT2D eigenvalue weighted by Crippen LogP contribution is 2.62. The number of aromatic hydroxyl groups is 2. The summed E-state index contributed by atoms with van der Waals surface area (Å²) in [6, 6.07) is 3.58. The number of phenols is 2. The molecule has 0 unspecified atom stereocenters. The average molecular weight is 258 g/mol. The first-order valence-electron chi connectivity index (χ1n) is 7.59. The molecule has 0 aromatic heterocycles. The van der Waals surface area contributed by atoms with Crippen molar-refractivity contribution >= 4 is 0 Å². The molecule has 0 aliphatic heterocycles. The van der Waals surface area contributed by atoms with Crippen LogP contribution in [0.25, 0.3) is 0 Å². The predicted octanol–water partition coefficient (Wildman–Crippen LogP) is 3.87. The van der Waals surface area contributed by atoms with Gasteiger partial charge in [-0.15, -0.1) is 0 Å². The van der Waals surface area contributed by atoms with Gasteiger partial charge < -0.3 is 10.2 Å². The summed E-state index contributed by atoms with van der Waals surface area (Å²) in [4.78, 5) is 0. The van der Waals surface area contributed by atoms with Gasteiger partial charge in [0.25, 0.3) is 0 Å². The molecule has 0 spiro atoms. The van der Waals surface area contributed by atoms with Crippen LogP contribution in [0, 0.1) is 24.7 Å². The van der Waals surface area contributed by atoms with Crippen LogP contribution in [-0.2, 0) is 5.41 Å². The van der Waals surface area contributed by atoms with E-state index in [1.54, 1.807) is 6.07 Å². The summed E-state index contributed by atoms with van der Waals surface area (Å²) in [5.41, 5.74) is 2.37. The monoisotopic (exact) mass is 258 g/mol. The third-order valence-electron chi connectivity index (χ3n) is 5.93. The highest BCUT2D eigenvalue weighted by Gasteiger charge is 2.53. The van der Waals surface area contributed by atoms with E-state index in [9.17, 15) is 10.2 Å². The van der Waals surface area contributed by atoms with Crippen LogP contribution in [0.3, 0.4) is 0 Å². The van der Waals surface area contributed by atoms with Gasteiger partial charge in [0.15, 0.2) is 11.5 Å². The van der Waals surface area contributed by atoms with Crippen LogP contribution in [0.4, 0.5) is 0 Å². The molecular weight excluding hydrogens is 236 g/mol. The molecule has 0 amide bonds. The number of hydrogen-bond acceptors (Lipinski definition) is 2. The lowest BCUT2D eigenvalue weighted by molar-refractivity contribution is -0.00655. The van der Waals surface area contributed by atoms with Crippen LogP contribution in [0.5, 0.6) is 11.5 Å². The van der Waals surface area contributed by atoms with Gasteiger partial charge in [0, 0.05) is 11.0 Å². The lowest BCUT2D eigenvalue weighted by Gasteiger charge is -2.57. The summed E-state index contributed by atoms with van der Waals surface area (Å²) in [5, 5.41) is 20.3. The molecule has 2 nitrogen and oxygen atoms in total. The molecule has 2 N–H and O–H groups in total. The van der Waals surface area contributed by atoms with Crippen molar-refractivity contribution in [1.29, 1.82) is 0 Å². The SMILES string of the molecule is Cc1ccc(O)c(O)c1C12CC3CC(CC(C3)C1)C2. The minimum atomic E-state index is 0.0522. The van der Waals surface area contributed by atoms with Gasteiger partial charge in [0.05, 0.1) is 0 Å². The normalized spacial score (nSPS) is 39.7. The Morgan fingerprint density at radius 2 is 1.47 bits per heavy atom. The maximum Gasteiger partial charge on any atom is 0.161 e. The number of benzene rings is 1. The van der Waals surface area contributed by atoms with E-state index >= 15 is 0 Å². The smallest absolute Gasteiger partial charge is 0.161 e. The molecule has 19 heavy (non-hydrogen) atoms. The Hall–Kier alpha value is -1.18. The molecular formula is C17H22O2. The molecule has 4 aliphatic carbocycles. The van der Waals surface area contributed by atoms with Gasteiger partial charge in [-0.3, -0.25) is 0 Å². The lowest BCUT2D eigenvalue weighted by Crippen LogP contribution is -2.48. The summed E-state index contributed by atoms with van der Waals surface area (Å²) in [5.74, 6) is 2.77. The first-order chi connectivity index (χ1) is 9.07.